The summed E-state index contributed by atoms with van der Waals surface area (Å²) in [6.45, 7) is 2.86. The van der Waals surface area contributed by atoms with E-state index in [1.54, 1.807) is 0 Å². The molecule has 0 bridgehead atoms. The number of carbonyl (C=O) groups is 1. The Bertz CT molecular complexity index is 515. The van der Waals surface area contributed by atoms with E-state index in [2.05, 4.69) is 4.74 Å². The number of halogens is 4. The molecule has 0 aliphatic heterocycles. The maximum absolute atomic E-state index is 13.0. The number of alkyl halides is 3. The van der Waals surface area contributed by atoms with Gasteiger partial charge in [0.1, 0.15) is 0 Å². The number of methoxy groups -OCH3 is 1. The van der Waals surface area contributed by atoms with Crippen molar-refractivity contribution >= 4 is 17.6 Å². The predicted molar refractivity (Wildman–Crippen MR) is 69.2 cm³/mol. The zero-order valence-electron chi connectivity index (χ0n) is 11.2. The number of hydrogen-bond donors (Lipinski definition) is 1. The molecule has 0 saturated heterocycles. The molecule has 20 heavy (non-hydrogen) atoms. The molecule has 2 N–H and O–H groups in total. The fourth-order valence-electron chi connectivity index (χ4n) is 1.82. The number of esters is 1. The van der Waals surface area contributed by atoms with Crippen molar-refractivity contribution in [3.63, 3.8) is 0 Å². The van der Waals surface area contributed by atoms with Crippen molar-refractivity contribution in [3.8, 4) is 0 Å². The van der Waals surface area contributed by atoms with Crippen LogP contribution < -0.4 is 5.73 Å². The van der Waals surface area contributed by atoms with E-state index in [9.17, 15) is 18.0 Å². The van der Waals surface area contributed by atoms with Gasteiger partial charge in [0.15, 0.2) is 0 Å². The van der Waals surface area contributed by atoms with Crippen LogP contribution in [0.5, 0.6) is 0 Å². The molecule has 0 fully saturated rings. The summed E-state index contributed by atoms with van der Waals surface area (Å²) in [5.74, 6) is -0.687. The van der Waals surface area contributed by atoms with Crippen molar-refractivity contribution in [1.82, 2.24) is 0 Å². The smallest absolute Gasteiger partial charge is 0.416 e. The van der Waals surface area contributed by atoms with E-state index in [1.807, 2.05) is 0 Å². The highest BCUT2D eigenvalue weighted by molar-refractivity contribution is 6.30. The van der Waals surface area contributed by atoms with Gasteiger partial charge in [-0.25, -0.2) is 0 Å². The summed E-state index contributed by atoms with van der Waals surface area (Å²) >= 11 is 5.60. The monoisotopic (exact) mass is 309 g/mol. The lowest BCUT2D eigenvalue weighted by molar-refractivity contribution is -0.153. The number of hydrogen-bond acceptors (Lipinski definition) is 3. The first-order valence-corrected chi connectivity index (χ1v) is 6.10. The lowest BCUT2D eigenvalue weighted by Crippen LogP contribution is -2.38. The van der Waals surface area contributed by atoms with Gasteiger partial charge in [0.25, 0.3) is 0 Å². The maximum atomic E-state index is 13.0. The second-order valence-corrected chi connectivity index (χ2v) is 5.36. The molecule has 112 valence electrons. The summed E-state index contributed by atoms with van der Waals surface area (Å²) < 4.78 is 43.7. The average Bonchev–Trinajstić information content (AvgIpc) is 2.35. The molecule has 0 heterocycles. The highest BCUT2D eigenvalue weighted by Gasteiger charge is 2.42. The lowest BCUT2D eigenvalue weighted by Gasteiger charge is -2.30. The third kappa shape index (κ3) is 3.24. The van der Waals surface area contributed by atoms with Crippen molar-refractivity contribution in [2.24, 2.45) is 11.1 Å². The summed E-state index contributed by atoms with van der Waals surface area (Å²) in [6.07, 6.45) is -4.61. The van der Waals surface area contributed by atoms with Gasteiger partial charge in [-0.1, -0.05) is 17.7 Å². The van der Waals surface area contributed by atoms with E-state index in [0.717, 1.165) is 13.2 Å². The molecule has 1 rings (SSSR count). The first-order chi connectivity index (χ1) is 9.01. The summed E-state index contributed by atoms with van der Waals surface area (Å²) in [7, 11) is 1.16. The molecule has 0 aromatic heterocycles. The molecule has 0 saturated carbocycles. The Morgan fingerprint density at radius 3 is 2.35 bits per heavy atom. The number of nitrogens with two attached hydrogens (primary N) is 1. The van der Waals surface area contributed by atoms with Crippen molar-refractivity contribution in [2.45, 2.75) is 26.1 Å². The fourth-order valence-corrected chi connectivity index (χ4v) is 2.00. The third-order valence-electron chi connectivity index (χ3n) is 3.14. The molecular formula is C13H15ClF3NO2. The van der Waals surface area contributed by atoms with Crippen LogP contribution in [0, 0.1) is 5.41 Å². The van der Waals surface area contributed by atoms with E-state index in [0.29, 0.717) is 0 Å². The molecular weight excluding hydrogens is 295 g/mol. The molecule has 0 aliphatic carbocycles. The van der Waals surface area contributed by atoms with Crippen LogP contribution in [0.2, 0.25) is 5.02 Å². The van der Waals surface area contributed by atoms with Gasteiger partial charge in [-0.3, -0.25) is 4.79 Å². The van der Waals surface area contributed by atoms with Gasteiger partial charge < -0.3 is 10.5 Å². The molecule has 3 nitrogen and oxygen atoms in total. The zero-order chi connectivity index (χ0) is 15.7. The van der Waals surface area contributed by atoms with E-state index in [1.165, 1.54) is 26.0 Å². The van der Waals surface area contributed by atoms with Crippen LogP contribution in [-0.2, 0) is 15.7 Å². The zero-order valence-corrected chi connectivity index (χ0v) is 12.0. The van der Waals surface area contributed by atoms with Crippen molar-refractivity contribution in [1.29, 1.82) is 0 Å². The lowest BCUT2D eigenvalue weighted by atomic mass is 9.79. The van der Waals surface area contributed by atoms with Gasteiger partial charge in [-0.05, 0) is 31.5 Å². The Kier molecular flexibility index (Phi) is 4.71. The highest BCUT2D eigenvalue weighted by atomic mass is 35.5. The largest absolute Gasteiger partial charge is 0.469 e. The Morgan fingerprint density at radius 2 is 1.90 bits per heavy atom. The summed E-state index contributed by atoms with van der Waals surface area (Å²) in [4.78, 5) is 11.7. The van der Waals surface area contributed by atoms with Crippen LogP contribution in [-0.4, -0.2) is 13.1 Å². The molecule has 1 atom stereocenters. The van der Waals surface area contributed by atoms with E-state index >= 15 is 0 Å². The third-order valence-corrected chi connectivity index (χ3v) is 3.38. The van der Waals surface area contributed by atoms with E-state index in [-0.39, 0.29) is 10.6 Å². The fraction of sp³-hybridized carbons (Fsp3) is 0.462. The summed E-state index contributed by atoms with van der Waals surface area (Å²) in [5, 5.41) is -0.0517. The van der Waals surface area contributed by atoms with Crippen LogP contribution in [0.3, 0.4) is 0 Å². The molecule has 0 spiro atoms. The number of benzene rings is 1. The summed E-state index contributed by atoms with van der Waals surface area (Å²) in [5.41, 5.74) is 3.40. The molecule has 0 aliphatic rings. The Morgan fingerprint density at radius 1 is 1.35 bits per heavy atom. The van der Waals surface area contributed by atoms with Gasteiger partial charge in [0.05, 0.1) is 18.1 Å². The maximum Gasteiger partial charge on any atom is 0.416 e. The first-order valence-electron chi connectivity index (χ1n) is 5.72. The minimum absolute atomic E-state index is 0.0517. The van der Waals surface area contributed by atoms with E-state index in [4.69, 9.17) is 17.3 Å². The minimum Gasteiger partial charge on any atom is -0.469 e. The van der Waals surface area contributed by atoms with Gasteiger partial charge in [0.2, 0.25) is 0 Å². The van der Waals surface area contributed by atoms with Crippen LogP contribution in [0.15, 0.2) is 18.2 Å². The second kappa shape index (κ2) is 5.61. The second-order valence-electron chi connectivity index (χ2n) is 4.92. The van der Waals surface area contributed by atoms with Gasteiger partial charge in [-0.2, -0.15) is 13.2 Å². The van der Waals surface area contributed by atoms with E-state index < -0.39 is 29.2 Å². The predicted octanol–water partition coefficient (Wildman–Crippen LogP) is 3.56. The van der Waals surface area contributed by atoms with Crippen LogP contribution in [0.4, 0.5) is 13.2 Å². The van der Waals surface area contributed by atoms with Crippen molar-refractivity contribution in [3.05, 3.63) is 34.3 Å². The number of carbonyl (C=O) groups excluding carboxylic acids is 1. The van der Waals surface area contributed by atoms with Crippen molar-refractivity contribution in [2.75, 3.05) is 7.11 Å². The molecule has 1 aromatic rings. The Hall–Kier alpha value is -1.27. The standard InChI is InChI=1S/C13H15ClF3NO2/c1-12(2,11(19)20-3)10(18)8-5-4-7(14)6-9(8)13(15,16)17/h4-6,10H,18H2,1-3H3/t10-/m0/s1. The topological polar surface area (TPSA) is 52.3 Å². The SMILES string of the molecule is COC(=O)C(C)(C)[C@@H](N)c1ccc(Cl)cc1C(F)(F)F. The Labute approximate surface area is 119 Å². The van der Waals surface area contributed by atoms with Crippen LogP contribution in [0.1, 0.15) is 31.0 Å². The molecule has 0 unspecified atom stereocenters. The van der Waals surface area contributed by atoms with Gasteiger partial charge >= 0.3 is 12.1 Å². The van der Waals surface area contributed by atoms with Crippen LogP contribution in [0.25, 0.3) is 0 Å². The molecule has 0 amide bonds. The average molecular weight is 310 g/mol. The quantitative estimate of drug-likeness (QED) is 0.869. The molecule has 1 aromatic carbocycles. The number of ether oxygens (including phenoxy) is 1. The van der Waals surface area contributed by atoms with Gasteiger partial charge in [0, 0.05) is 11.1 Å². The molecule has 0 radical (unpaired) electrons. The van der Waals surface area contributed by atoms with Gasteiger partial charge in [-0.15, -0.1) is 0 Å². The normalized spacial score (nSPS) is 14.0. The summed E-state index contributed by atoms with van der Waals surface area (Å²) in [6, 6.07) is 2.10. The molecule has 7 heteroatoms. The first kappa shape index (κ1) is 16.8. The Balaban J connectivity index is 3.37. The number of rotatable bonds is 3. The van der Waals surface area contributed by atoms with Crippen LogP contribution >= 0.6 is 11.6 Å². The highest BCUT2D eigenvalue weighted by Crippen LogP contribution is 2.41. The minimum atomic E-state index is -4.61. The van der Waals surface area contributed by atoms with Crippen molar-refractivity contribution < 1.29 is 22.7 Å².